The Kier molecular flexibility index (Phi) is 15.1. The Morgan fingerprint density at radius 1 is 0.766 bits per heavy atom. The minimum Gasteiger partial charge on any atom is -0.481 e. The first-order valence-electron chi connectivity index (χ1n) is 23.8. The van der Waals surface area contributed by atoms with Crippen LogP contribution in [-0.4, -0.2) is 169 Å². The number of rotatable bonds is 13. The lowest BCUT2D eigenvalue weighted by atomic mass is 9.75. The molecule has 7 heterocycles. The minimum atomic E-state index is -2.03. The van der Waals surface area contributed by atoms with Crippen LogP contribution in [0.1, 0.15) is 120 Å². The Balaban J connectivity index is 1.10. The van der Waals surface area contributed by atoms with Crippen LogP contribution >= 0.6 is 0 Å². The van der Waals surface area contributed by atoms with Gasteiger partial charge in [0.25, 0.3) is 0 Å². The van der Waals surface area contributed by atoms with Crippen molar-refractivity contribution in [3.05, 3.63) is 0 Å². The van der Waals surface area contributed by atoms with Gasteiger partial charge in [-0.1, -0.05) is 34.6 Å². The Morgan fingerprint density at radius 3 is 2.09 bits per heavy atom. The molecule has 7 rings (SSSR count). The quantitative estimate of drug-likeness (QED) is 0.203. The molecule has 0 radical (unpaired) electrons. The molecule has 0 bridgehead atoms. The van der Waals surface area contributed by atoms with Gasteiger partial charge in [0.15, 0.2) is 23.7 Å². The van der Waals surface area contributed by atoms with Crippen LogP contribution in [0.25, 0.3) is 0 Å². The van der Waals surface area contributed by atoms with E-state index in [0.717, 1.165) is 6.42 Å². The van der Waals surface area contributed by atoms with Crippen molar-refractivity contribution in [1.82, 2.24) is 0 Å². The lowest BCUT2D eigenvalue weighted by Gasteiger charge is -2.53. The van der Waals surface area contributed by atoms with Gasteiger partial charge in [0.05, 0.1) is 78.7 Å². The molecule has 0 saturated carbocycles. The van der Waals surface area contributed by atoms with E-state index in [-0.39, 0.29) is 48.6 Å². The summed E-state index contributed by atoms with van der Waals surface area (Å²) in [6, 6.07) is 0. The van der Waals surface area contributed by atoms with Crippen molar-refractivity contribution in [3.8, 4) is 0 Å². The molecule has 0 aliphatic carbocycles. The Hall–Kier alpha value is -1.13. The maximum absolute atomic E-state index is 11.9. The maximum Gasteiger partial charge on any atom is 0.308 e. The number of carbonyl (C=O) groups is 1. The highest BCUT2D eigenvalue weighted by Gasteiger charge is 2.64. The van der Waals surface area contributed by atoms with Crippen molar-refractivity contribution in [2.75, 3.05) is 28.4 Å². The molecular formula is C47H80O17. The number of hydrogen-bond donors (Lipinski definition) is 4. The molecule has 24 atom stereocenters. The predicted octanol–water partition coefficient (Wildman–Crippen LogP) is 4.32. The Bertz CT molecular complexity index is 1600. The molecule has 17 heteroatoms. The molecule has 0 amide bonds. The zero-order chi connectivity index (χ0) is 46.9. The van der Waals surface area contributed by atoms with Gasteiger partial charge in [-0.25, -0.2) is 0 Å². The van der Waals surface area contributed by atoms with E-state index in [0.29, 0.717) is 38.5 Å². The van der Waals surface area contributed by atoms with E-state index in [1.807, 2.05) is 34.6 Å². The van der Waals surface area contributed by atoms with Crippen LogP contribution in [-0.2, 0) is 61.6 Å². The van der Waals surface area contributed by atoms with E-state index >= 15 is 0 Å². The molecular weight excluding hydrogens is 837 g/mol. The van der Waals surface area contributed by atoms with Gasteiger partial charge in [0.1, 0.15) is 18.3 Å². The molecule has 7 fully saturated rings. The lowest BCUT2D eigenvalue weighted by Crippen LogP contribution is -2.65. The SMILES string of the molecule is CO[C@H]1[C@@H]([C@@H](C)[C@@H]2O[C@@]3(CC[C@](C)([C@@H]4CC[C@](C)([C@@H]5O[C@H]([C@@H]6O[C@](C)(O)[C@@H](C)C[C@H]6C)C[C@@H]5O[C@@H]5O[C@@H](C)C[C@H](OC)[C@H]5OC)O4)O3)C[C@H](O)[C@@H]2C)O[C@@](O)(CC(=O)O)[C@H](C)[C@@H]1OC. The monoisotopic (exact) mass is 917 g/mol. The second kappa shape index (κ2) is 19.0. The van der Waals surface area contributed by atoms with Crippen LogP contribution in [0.15, 0.2) is 0 Å². The van der Waals surface area contributed by atoms with Crippen molar-refractivity contribution in [2.45, 2.75) is 234 Å². The molecule has 17 nitrogen and oxygen atoms in total. The zero-order valence-corrected chi connectivity index (χ0v) is 40.4. The minimum absolute atomic E-state index is 0.0464. The first kappa shape index (κ1) is 50.7. The van der Waals surface area contributed by atoms with Crippen LogP contribution < -0.4 is 0 Å². The summed E-state index contributed by atoms with van der Waals surface area (Å²) in [5.41, 5.74) is -1.63. The molecule has 0 unspecified atom stereocenters. The van der Waals surface area contributed by atoms with Gasteiger partial charge in [-0.2, -0.15) is 0 Å². The average Bonchev–Trinajstić information content (AvgIpc) is 3.94. The summed E-state index contributed by atoms with van der Waals surface area (Å²) in [5.74, 6) is -7.22. The van der Waals surface area contributed by atoms with Gasteiger partial charge in [-0.05, 0) is 59.3 Å². The van der Waals surface area contributed by atoms with Gasteiger partial charge < -0.3 is 77.3 Å². The van der Waals surface area contributed by atoms with E-state index in [4.69, 9.17) is 56.8 Å². The van der Waals surface area contributed by atoms with Crippen molar-refractivity contribution in [3.63, 3.8) is 0 Å². The summed E-state index contributed by atoms with van der Waals surface area (Å²) >= 11 is 0. The van der Waals surface area contributed by atoms with Crippen LogP contribution in [0, 0.1) is 29.6 Å². The van der Waals surface area contributed by atoms with Crippen LogP contribution in [0.3, 0.4) is 0 Å². The molecule has 7 aliphatic rings. The first-order valence-corrected chi connectivity index (χ1v) is 23.8. The standard InChI is InChI=1S/C47H80O17/c1-23-18-24(2)45(9,51)61-35(23)31-20-32(59-42-39(55-12)30(53-10)19-25(3)57-42)41(58-31)44(8)15-14-33(60-44)43(7)16-17-46(64-43)21-29(48)26(4)36(62-46)27(5)37-40(56-13)38(54-11)28(6)47(52,63-37)22-34(49)50/h23-33,35-42,48,51-52H,14-22H2,1-13H3,(H,49,50)/t23-,24+,25+,26+,27+,28-,29+,30+,31+,32+,33+,35-,36-,37-,38+,39-,40+,41-,42+,43-,44-,45+,46-,47+/m1/s1. The van der Waals surface area contributed by atoms with Gasteiger partial charge in [-0.15, -0.1) is 0 Å². The highest BCUT2D eigenvalue weighted by molar-refractivity contribution is 5.68. The van der Waals surface area contributed by atoms with Gasteiger partial charge in [-0.3, -0.25) is 4.79 Å². The van der Waals surface area contributed by atoms with Gasteiger partial charge in [0, 0.05) is 77.8 Å². The van der Waals surface area contributed by atoms with Crippen molar-refractivity contribution in [1.29, 1.82) is 0 Å². The summed E-state index contributed by atoms with van der Waals surface area (Å²) < 4.78 is 77.9. The van der Waals surface area contributed by atoms with E-state index in [2.05, 4.69) is 13.8 Å². The summed E-state index contributed by atoms with van der Waals surface area (Å²) in [6.07, 6.45) is -3.41. The number of aliphatic hydroxyl groups excluding tert-OH is 1. The summed E-state index contributed by atoms with van der Waals surface area (Å²) in [6.45, 7) is 17.5. The van der Waals surface area contributed by atoms with Crippen LogP contribution in [0.2, 0.25) is 0 Å². The molecule has 1 spiro atoms. The third-order valence-corrected chi connectivity index (χ3v) is 16.7. The molecule has 0 aromatic carbocycles. The summed E-state index contributed by atoms with van der Waals surface area (Å²) in [5, 5.41) is 44.4. The largest absolute Gasteiger partial charge is 0.481 e. The number of methoxy groups -OCH3 is 4. The third-order valence-electron chi connectivity index (χ3n) is 16.7. The number of aliphatic carboxylic acids is 1. The summed E-state index contributed by atoms with van der Waals surface area (Å²) in [4.78, 5) is 11.9. The third kappa shape index (κ3) is 9.46. The van der Waals surface area contributed by atoms with Crippen molar-refractivity contribution in [2.24, 2.45) is 29.6 Å². The smallest absolute Gasteiger partial charge is 0.308 e. The second-order valence-electron chi connectivity index (χ2n) is 21.3. The normalized spacial score (nSPS) is 54.1. The number of ether oxygens (including phenoxy) is 12. The van der Waals surface area contributed by atoms with E-state index < -0.39 is 114 Å². The maximum atomic E-state index is 11.9. The number of aliphatic hydroxyl groups is 3. The topological polar surface area (TPSA) is 209 Å². The Morgan fingerprint density at radius 2 is 1.45 bits per heavy atom. The molecule has 7 aliphatic heterocycles. The van der Waals surface area contributed by atoms with Crippen molar-refractivity contribution >= 4 is 5.97 Å². The highest BCUT2D eigenvalue weighted by Crippen LogP contribution is 2.55. The lowest BCUT2D eigenvalue weighted by molar-refractivity contribution is -0.365. The van der Waals surface area contributed by atoms with E-state index in [1.54, 1.807) is 28.1 Å². The number of carboxylic acid groups (broad SMARTS) is 1. The van der Waals surface area contributed by atoms with Crippen LogP contribution in [0.5, 0.6) is 0 Å². The molecule has 370 valence electrons. The average molecular weight is 917 g/mol. The fourth-order valence-corrected chi connectivity index (χ4v) is 12.6. The second-order valence-corrected chi connectivity index (χ2v) is 21.3. The van der Waals surface area contributed by atoms with Crippen molar-refractivity contribution < 1.29 is 82.1 Å². The van der Waals surface area contributed by atoms with Crippen LogP contribution in [0.4, 0.5) is 0 Å². The molecule has 4 N–H and O–H groups in total. The van der Waals surface area contributed by atoms with Gasteiger partial charge in [0.2, 0.25) is 0 Å². The zero-order valence-electron chi connectivity index (χ0n) is 40.4. The molecule has 64 heavy (non-hydrogen) atoms. The number of carboxylic acids is 1. The number of hydrogen-bond acceptors (Lipinski definition) is 16. The first-order chi connectivity index (χ1) is 30.0. The van der Waals surface area contributed by atoms with E-state index in [1.165, 1.54) is 14.2 Å². The van der Waals surface area contributed by atoms with E-state index in [9.17, 15) is 25.2 Å². The fraction of sp³-hybridized carbons (Fsp3) is 0.979. The summed E-state index contributed by atoms with van der Waals surface area (Å²) in [7, 11) is 6.35. The highest BCUT2D eigenvalue weighted by atomic mass is 16.7. The van der Waals surface area contributed by atoms with Gasteiger partial charge >= 0.3 is 5.97 Å². The Labute approximate surface area is 379 Å². The molecule has 0 aromatic heterocycles. The predicted molar refractivity (Wildman–Crippen MR) is 228 cm³/mol. The molecule has 0 aromatic rings. The fourth-order valence-electron chi connectivity index (χ4n) is 12.6. The molecule has 7 saturated heterocycles.